The van der Waals surface area contributed by atoms with E-state index >= 15 is 0 Å². The van der Waals surface area contributed by atoms with Crippen LogP contribution >= 0.6 is 0 Å². The highest BCUT2D eigenvalue weighted by Crippen LogP contribution is 2.56. The molecule has 0 N–H and O–H groups in total. The fourth-order valence-electron chi connectivity index (χ4n) is 3.09. The smallest absolute Gasteiger partial charge is 0.311 e. The number of esters is 1. The Morgan fingerprint density at radius 3 is 2.67 bits per heavy atom. The summed E-state index contributed by atoms with van der Waals surface area (Å²) in [5.74, 6) is 1.42. The molecule has 3 atom stereocenters. The molecule has 0 aromatic carbocycles. The minimum Gasteiger partial charge on any atom is -0.469 e. The molecule has 0 spiro atoms. The monoisotopic (exact) mass is 168 g/mol. The molecular formula is C10H16O2. The van der Waals surface area contributed by atoms with Crippen LogP contribution in [0.5, 0.6) is 0 Å². The first-order valence-electron chi connectivity index (χ1n) is 4.75. The van der Waals surface area contributed by atoms with Crippen molar-refractivity contribution in [2.24, 2.45) is 17.3 Å². The van der Waals surface area contributed by atoms with E-state index in [-0.39, 0.29) is 11.4 Å². The molecule has 0 aromatic rings. The summed E-state index contributed by atoms with van der Waals surface area (Å²) < 4.78 is 4.85. The van der Waals surface area contributed by atoms with E-state index in [1.54, 1.807) is 0 Å². The fraction of sp³-hybridized carbons (Fsp3) is 0.900. The molecule has 0 unspecified atom stereocenters. The van der Waals surface area contributed by atoms with E-state index in [2.05, 4.69) is 6.92 Å². The Balaban J connectivity index is 2.17. The van der Waals surface area contributed by atoms with Gasteiger partial charge in [0, 0.05) is 0 Å². The van der Waals surface area contributed by atoms with E-state index < -0.39 is 0 Å². The molecule has 0 aliphatic heterocycles. The normalized spacial score (nSPS) is 44.8. The van der Waals surface area contributed by atoms with Crippen LogP contribution in [0, 0.1) is 17.3 Å². The molecule has 12 heavy (non-hydrogen) atoms. The van der Waals surface area contributed by atoms with Crippen LogP contribution in [0.2, 0.25) is 0 Å². The van der Waals surface area contributed by atoms with E-state index in [1.165, 1.54) is 26.4 Å². The van der Waals surface area contributed by atoms with Crippen molar-refractivity contribution >= 4 is 5.97 Å². The van der Waals surface area contributed by atoms with Gasteiger partial charge in [0.2, 0.25) is 0 Å². The highest BCUT2D eigenvalue weighted by Gasteiger charge is 2.52. The SMILES string of the molecule is COC(=O)[C@@]1(C)C[C@H]2CC[C@H]1C2. The number of hydrogen-bond donors (Lipinski definition) is 0. The van der Waals surface area contributed by atoms with Gasteiger partial charge >= 0.3 is 5.97 Å². The fourth-order valence-corrected chi connectivity index (χ4v) is 3.09. The van der Waals surface area contributed by atoms with Gasteiger partial charge in [0.1, 0.15) is 0 Å². The lowest BCUT2D eigenvalue weighted by atomic mass is 9.75. The Morgan fingerprint density at radius 2 is 2.25 bits per heavy atom. The average molecular weight is 168 g/mol. The molecular weight excluding hydrogens is 152 g/mol. The minimum atomic E-state index is -0.141. The Labute approximate surface area is 73.3 Å². The predicted octanol–water partition coefficient (Wildman–Crippen LogP) is 1.99. The number of rotatable bonds is 1. The first kappa shape index (κ1) is 8.09. The van der Waals surface area contributed by atoms with Gasteiger partial charge in [0.15, 0.2) is 0 Å². The van der Waals surface area contributed by atoms with E-state index in [4.69, 9.17) is 4.74 Å². The number of fused-ring (bicyclic) bond motifs is 2. The van der Waals surface area contributed by atoms with Crippen LogP contribution in [-0.4, -0.2) is 13.1 Å². The molecule has 2 saturated carbocycles. The van der Waals surface area contributed by atoms with E-state index in [1.807, 2.05) is 0 Å². The minimum absolute atomic E-state index is 0.00898. The Kier molecular flexibility index (Phi) is 1.67. The molecule has 2 nitrogen and oxygen atoms in total. The molecule has 0 radical (unpaired) electrons. The van der Waals surface area contributed by atoms with Crippen LogP contribution < -0.4 is 0 Å². The molecule has 2 heteroatoms. The van der Waals surface area contributed by atoms with Crippen molar-refractivity contribution in [2.75, 3.05) is 7.11 Å². The van der Waals surface area contributed by atoms with Crippen LogP contribution in [-0.2, 0) is 9.53 Å². The van der Waals surface area contributed by atoms with Gasteiger partial charge in [-0.15, -0.1) is 0 Å². The van der Waals surface area contributed by atoms with Crippen LogP contribution in [0.4, 0.5) is 0 Å². The second-order valence-corrected chi connectivity index (χ2v) is 4.49. The maximum absolute atomic E-state index is 11.5. The summed E-state index contributed by atoms with van der Waals surface area (Å²) in [7, 11) is 1.50. The third-order valence-corrected chi connectivity index (χ3v) is 3.81. The van der Waals surface area contributed by atoms with Gasteiger partial charge in [-0.2, -0.15) is 0 Å². The zero-order valence-electron chi connectivity index (χ0n) is 7.80. The van der Waals surface area contributed by atoms with Crippen LogP contribution in [0.25, 0.3) is 0 Å². The summed E-state index contributed by atoms with van der Waals surface area (Å²) >= 11 is 0. The van der Waals surface area contributed by atoms with Gasteiger partial charge in [-0.3, -0.25) is 4.79 Å². The van der Waals surface area contributed by atoms with Crippen LogP contribution in [0.1, 0.15) is 32.6 Å². The largest absolute Gasteiger partial charge is 0.469 e. The average Bonchev–Trinajstić information content (AvgIpc) is 2.62. The topological polar surface area (TPSA) is 26.3 Å². The Morgan fingerprint density at radius 1 is 1.50 bits per heavy atom. The van der Waals surface area contributed by atoms with Crippen molar-refractivity contribution in [3.63, 3.8) is 0 Å². The number of carbonyl (C=O) groups is 1. The van der Waals surface area contributed by atoms with Gasteiger partial charge < -0.3 is 4.74 Å². The highest BCUT2D eigenvalue weighted by atomic mass is 16.5. The molecule has 2 aliphatic carbocycles. The van der Waals surface area contributed by atoms with E-state index in [9.17, 15) is 4.79 Å². The Bertz CT molecular complexity index is 212. The van der Waals surface area contributed by atoms with Gasteiger partial charge in [-0.1, -0.05) is 6.42 Å². The Hall–Kier alpha value is -0.530. The van der Waals surface area contributed by atoms with Gasteiger partial charge in [-0.25, -0.2) is 0 Å². The van der Waals surface area contributed by atoms with Gasteiger partial charge in [0.25, 0.3) is 0 Å². The molecule has 0 heterocycles. The second-order valence-electron chi connectivity index (χ2n) is 4.49. The standard InChI is InChI=1S/C10H16O2/c1-10(9(11)12-2)6-7-3-4-8(10)5-7/h7-8H,3-6H2,1-2H3/t7-,8-,10-/m0/s1. The first-order chi connectivity index (χ1) is 5.66. The molecule has 2 aliphatic rings. The maximum atomic E-state index is 11.5. The number of hydrogen-bond acceptors (Lipinski definition) is 2. The van der Waals surface area contributed by atoms with Crippen molar-refractivity contribution in [2.45, 2.75) is 32.6 Å². The summed E-state index contributed by atoms with van der Waals surface area (Å²) in [6, 6.07) is 0. The summed E-state index contributed by atoms with van der Waals surface area (Å²) in [6.45, 7) is 2.07. The summed E-state index contributed by atoms with van der Waals surface area (Å²) in [5, 5.41) is 0. The second kappa shape index (κ2) is 2.48. The molecule has 0 amide bonds. The van der Waals surface area contributed by atoms with Gasteiger partial charge in [-0.05, 0) is 38.0 Å². The van der Waals surface area contributed by atoms with Crippen LogP contribution in [0.15, 0.2) is 0 Å². The summed E-state index contributed by atoms with van der Waals surface area (Å²) in [6.07, 6.45) is 4.88. The molecule has 2 bridgehead atoms. The van der Waals surface area contributed by atoms with Crippen molar-refractivity contribution in [1.82, 2.24) is 0 Å². The molecule has 0 aromatic heterocycles. The van der Waals surface area contributed by atoms with Gasteiger partial charge in [0.05, 0.1) is 12.5 Å². The third-order valence-electron chi connectivity index (χ3n) is 3.81. The summed E-state index contributed by atoms with van der Waals surface area (Å²) in [4.78, 5) is 11.5. The zero-order valence-corrected chi connectivity index (χ0v) is 7.80. The van der Waals surface area contributed by atoms with E-state index in [0.717, 1.165) is 12.3 Å². The van der Waals surface area contributed by atoms with Crippen LogP contribution in [0.3, 0.4) is 0 Å². The lowest BCUT2D eigenvalue weighted by Crippen LogP contribution is -2.34. The lowest BCUT2D eigenvalue weighted by molar-refractivity contribution is -0.154. The molecule has 2 rings (SSSR count). The zero-order chi connectivity index (χ0) is 8.77. The van der Waals surface area contributed by atoms with E-state index in [0.29, 0.717) is 5.92 Å². The number of methoxy groups -OCH3 is 1. The quantitative estimate of drug-likeness (QED) is 0.560. The first-order valence-corrected chi connectivity index (χ1v) is 4.75. The molecule has 0 saturated heterocycles. The molecule has 2 fully saturated rings. The third kappa shape index (κ3) is 0.900. The van der Waals surface area contributed by atoms with Crippen molar-refractivity contribution in [1.29, 1.82) is 0 Å². The maximum Gasteiger partial charge on any atom is 0.311 e. The highest BCUT2D eigenvalue weighted by molar-refractivity contribution is 5.77. The predicted molar refractivity (Wildman–Crippen MR) is 45.6 cm³/mol. The summed E-state index contributed by atoms with van der Waals surface area (Å²) in [5.41, 5.74) is -0.141. The van der Waals surface area contributed by atoms with Crippen molar-refractivity contribution in [3.05, 3.63) is 0 Å². The number of carbonyl (C=O) groups excluding carboxylic acids is 1. The van der Waals surface area contributed by atoms with Crippen molar-refractivity contribution in [3.8, 4) is 0 Å². The lowest BCUT2D eigenvalue weighted by Gasteiger charge is -2.30. The molecule has 68 valence electrons. The number of ether oxygens (including phenoxy) is 1. The van der Waals surface area contributed by atoms with Crippen molar-refractivity contribution < 1.29 is 9.53 Å².